The molecule has 1 saturated carbocycles. The van der Waals surface area contributed by atoms with Gasteiger partial charge in [-0.05, 0) is 65.8 Å². The highest BCUT2D eigenvalue weighted by Crippen LogP contribution is 2.61. The van der Waals surface area contributed by atoms with Crippen molar-refractivity contribution in [2.24, 2.45) is 29.6 Å². The van der Waals surface area contributed by atoms with Crippen molar-refractivity contribution in [2.75, 3.05) is 19.1 Å². The summed E-state index contributed by atoms with van der Waals surface area (Å²) in [7, 11) is 2.85. The Kier molecular flexibility index (Phi) is 8.79. The Morgan fingerprint density at radius 1 is 0.855 bits per heavy atom. The monoisotopic (exact) mass is 736 g/mol. The van der Waals surface area contributed by atoms with Crippen LogP contribution < -0.4 is 14.4 Å². The number of methoxy groups -OCH3 is 2. The lowest BCUT2D eigenvalue weighted by molar-refractivity contribution is -0.384. The van der Waals surface area contributed by atoms with Crippen LogP contribution in [-0.2, 0) is 24.6 Å². The minimum absolute atomic E-state index is 0.134. The highest BCUT2D eigenvalue weighted by atomic mass is 16.6. The number of non-ortho nitro benzene ring substituents is 1. The van der Waals surface area contributed by atoms with Gasteiger partial charge in [0.05, 0.1) is 42.1 Å². The Morgan fingerprint density at radius 2 is 1.49 bits per heavy atom. The number of imide groups is 1. The fourth-order valence-corrected chi connectivity index (χ4v) is 9.32. The minimum atomic E-state index is -1.41. The highest BCUT2D eigenvalue weighted by molar-refractivity contribution is 6.31. The molecule has 0 spiro atoms. The van der Waals surface area contributed by atoms with Gasteiger partial charge in [-0.15, -0.1) is 0 Å². The van der Waals surface area contributed by atoms with Crippen LogP contribution in [0.3, 0.4) is 0 Å². The first-order chi connectivity index (χ1) is 26.6. The first-order valence-electron chi connectivity index (χ1n) is 18.0. The maximum atomic E-state index is 15.1. The lowest BCUT2D eigenvalue weighted by Crippen LogP contribution is -2.59. The van der Waals surface area contributed by atoms with Crippen LogP contribution in [0, 0.1) is 39.7 Å². The van der Waals surface area contributed by atoms with Gasteiger partial charge in [0.1, 0.15) is 0 Å². The number of anilines is 1. The number of rotatable bonds is 8. The Labute approximate surface area is 316 Å². The summed E-state index contributed by atoms with van der Waals surface area (Å²) in [4.78, 5) is 70.7. The number of hydrogen-bond acceptors (Lipinski definition) is 9. The van der Waals surface area contributed by atoms with Crippen LogP contribution in [0.15, 0.2) is 121 Å². The molecule has 11 nitrogen and oxygen atoms in total. The maximum Gasteiger partial charge on any atom is 0.269 e. The van der Waals surface area contributed by atoms with Crippen molar-refractivity contribution in [1.82, 2.24) is 0 Å². The van der Waals surface area contributed by atoms with Gasteiger partial charge in [-0.1, -0.05) is 84.5 Å². The van der Waals surface area contributed by atoms with Crippen molar-refractivity contribution < 1.29 is 38.7 Å². The molecule has 0 radical (unpaired) electrons. The molecule has 4 aromatic carbocycles. The predicted octanol–water partition coefficient (Wildman–Crippen LogP) is 6.89. The highest BCUT2D eigenvalue weighted by Gasteiger charge is 2.65. The molecular weight excluding hydrogens is 700 g/mol. The minimum Gasteiger partial charge on any atom is -0.502 e. The molecular formula is C44H36N2O9. The Bertz CT molecular complexity index is 2320. The lowest BCUT2D eigenvalue weighted by atomic mass is 9.45. The topological polar surface area (TPSA) is 153 Å². The smallest absolute Gasteiger partial charge is 0.269 e. The van der Waals surface area contributed by atoms with Crippen molar-refractivity contribution in [2.45, 2.75) is 18.3 Å². The first kappa shape index (κ1) is 35.4. The average Bonchev–Trinajstić information content (AvgIpc) is 3.47. The zero-order valence-electron chi connectivity index (χ0n) is 30.0. The zero-order chi connectivity index (χ0) is 38.6. The van der Waals surface area contributed by atoms with Gasteiger partial charge >= 0.3 is 0 Å². The molecule has 6 unspecified atom stereocenters. The summed E-state index contributed by atoms with van der Waals surface area (Å²) in [6.07, 6.45) is 7.45. The molecule has 1 aliphatic heterocycles. The fourth-order valence-electron chi connectivity index (χ4n) is 9.32. The molecule has 8 rings (SSSR count). The van der Waals surface area contributed by atoms with Crippen LogP contribution in [0.2, 0.25) is 0 Å². The molecule has 0 aromatic heterocycles. The van der Waals surface area contributed by atoms with E-state index in [1.165, 1.54) is 44.6 Å². The Hall–Kier alpha value is -6.62. The Balaban J connectivity index is 1.31. The number of Topliss-reactive ketones (excluding diaryl/α,β-unsaturated/α-hetero) is 1. The maximum absolute atomic E-state index is 15.1. The largest absolute Gasteiger partial charge is 0.502 e. The molecule has 2 amide bonds. The summed E-state index contributed by atoms with van der Waals surface area (Å²) in [6, 6.07) is 26.9. The van der Waals surface area contributed by atoms with E-state index in [4.69, 9.17) is 9.47 Å². The van der Waals surface area contributed by atoms with E-state index >= 15 is 9.59 Å². The molecule has 1 N–H and O–H groups in total. The standard InChI is InChI=1S/C44H36N2O9/c1-54-36-21-25(22-37(55-2)41(36)49)13-20-34-30-18-19-31-39(43(51)45(42(31)50)28-14-16-29(17-15-28)46(52)53)33(30)23-35-40(48)32(26-9-5-3-6-10-26)24-38(47)44(34,35)27-11-7-4-8-12-27/h3-18,20-22,24,31,33-35,39,49H,19,23H2,1-2H3. The summed E-state index contributed by atoms with van der Waals surface area (Å²) in [5.74, 6) is -4.98. The van der Waals surface area contributed by atoms with Gasteiger partial charge in [0.15, 0.2) is 23.1 Å². The van der Waals surface area contributed by atoms with Gasteiger partial charge in [-0.25, -0.2) is 0 Å². The van der Waals surface area contributed by atoms with Crippen LogP contribution >= 0.6 is 0 Å². The quantitative estimate of drug-likeness (QED) is 0.0882. The number of carbonyl (C=O) groups is 4. The average molecular weight is 737 g/mol. The van der Waals surface area contributed by atoms with E-state index in [0.29, 0.717) is 22.3 Å². The fraction of sp³-hybridized carbons (Fsp3) is 0.227. The van der Waals surface area contributed by atoms with E-state index in [0.717, 1.165) is 10.5 Å². The van der Waals surface area contributed by atoms with Gasteiger partial charge in [-0.3, -0.25) is 34.2 Å². The second kappa shape index (κ2) is 13.7. The molecule has 1 saturated heterocycles. The number of phenolic OH excluding ortho intramolecular Hbond substituents is 1. The number of allylic oxidation sites excluding steroid dienone is 5. The molecule has 55 heavy (non-hydrogen) atoms. The molecule has 3 aliphatic carbocycles. The summed E-state index contributed by atoms with van der Waals surface area (Å²) in [5, 5.41) is 22.0. The number of nitro benzene ring substituents is 1. The van der Waals surface area contributed by atoms with E-state index < -0.39 is 51.7 Å². The van der Waals surface area contributed by atoms with E-state index in [2.05, 4.69) is 0 Å². The van der Waals surface area contributed by atoms with Crippen molar-refractivity contribution in [1.29, 1.82) is 0 Å². The molecule has 1 heterocycles. The molecule has 6 atom stereocenters. The van der Waals surface area contributed by atoms with Gasteiger partial charge < -0.3 is 14.6 Å². The number of hydrogen-bond donors (Lipinski definition) is 1. The molecule has 4 aromatic rings. The van der Waals surface area contributed by atoms with Crippen molar-refractivity contribution in [3.05, 3.63) is 148 Å². The van der Waals surface area contributed by atoms with Crippen molar-refractivity contribution in [3.8, 4) is 17.2 Å². The third-order valence-electron chi connectivity index (χ3n) is 11.7. The number of aromatic hydroxyl groups is 1. The summed E-state index contributed by atoms with van der Waals surface area (Å²) in [5.41, 5.74) is 1.58. The van der Waals surface area contributed by atoms with E-state index in [1.54, 1.807) is 30.3 Å². The first-order valence-corrected chi connectivity index (χ1v) is 18.0. The zero-order valence-corrected chi connectivity index (χ0v) is 30.0. The number of phenols is 1. The molecule has 4 aliphatic rings. The lowest BCUT2D eigenvalue weighted by Gasteiger charge is -2.54. The third-order valence-corrected chi connectivity index (χ3v) is 11.7. The van der Waals surface area contributed by atoms with Crippen LogP contribution in [0.25, 0.3) is 11.6 Å². The number of benzene rings is 4. The van der Waals surface area contributed by atoms with Crippen LogP contribution in [-0.4, -0.2) is 47.6 Å². The number of ketones is 2. The van der Waals surface area contributed by atoms with Gasteiger partial charge in [0.25, 0.3) is 5.69 Å². The summed E-state index contributed by atoms with van der Waals surface area (Å²) in [6.45, 7) is 0. The van der Waals surface area contributed by atoms with Crippen LogP contribution in [0.4, 0.5) is 11.4 Å². The van der Waals surface area contributed by atoms with E-state index in [1.807, 2.05) is 60.7 Å². The summed E-state index contributed by atoms with van der Waals surface area (Å²) >= 11 is 0. The van der Waals surface area contributed by atoms with Gasteiger partial charge in [0, 0.05) is 29.5 Å². The molecule has 11 heteroatoms. The second-order valence-corrected chi connectivity index (χ2v) is 14.3. The molecule has 2 fully saturated rings. The molecule has 276 valence electrons. The number of ether oxygens (including phenoxy) is 2. The van der Waals surface area contributed by atoms with Gasteiger partial charge in [-0.2, -0.15) is 0 Å². The van der Waals surface area contributed by atoms with Crippen molar-refractivity contribution in [3.63, 3.8) is 0 Å². The third kappa shape index (κ3) is 5.48. The van der Waals surface area contributed by atoms with Gasteiger partial charge in [0.2, 0.25) is 17.6 Å². The predicted molar refractivity (Wildman–Crippen MR) is 203 cm³/mol. The van der Waals surface area contributed by atoms with Crippen LogP contribution in [0.5, 0.6) is 17.2 Å². The summed E-state index contributed by atoms with van der Waals surface area (Å²) < 4.78 is 10.8. The normalized spacial score (nSPS) is 25.9. The number of nitrogens with zero attached hydrogens (tertiary/aromatic N) is 2. The second-order valence-electron chi connectivity index (χ2n) is 14.3. The Morgan fingerprint density at radius 3 is 2.11 bits per heavy atom. The van der Waals surface area contributed by atoms with E-state index in [9.17, 15) is 24.8 Å². The van der Waals surface area contributed by atoms with E-state index in [-0.39, 0.29) is 53.0 Å². The number of amides is 2. The number of nitro groups is 1. The molecule has 0 bridgehead atoms. The van der Waals surface area contributed by atoms with Crippen molar-refractivity contribution >= 4 is 46.4 Å². The van der Waals surface area contributed by atoms with Crippen LogP contribution in [0.1, 0.15) is 29.5 Å². The SMILES string of the molecule is COc1cc(C=CC2C3=CCC4C(=O)N(c5ccc([N+](=O)[O-])cc5)C(=O)C4C3CC3C(=O)C(c4ccccc4)=CC(=O)C23c2ccccc2)cc(OC)c1O. The number of fused-ring (bicyclic) bond motifs is 4. The number of carbonyl (C=O) groups excluding carboxylic acids is 4.